The van der Waals surface area contributed by atoms with Crippen LogP contribution in [0.25, 0.3) is 0 Å². The molecule has 1 saturated heterocycles. The third kappa shape index (κ3) is 3.78. The molecule has 2 fully saturated rings. The number of hydrogen-bond acceptors (Lipinski definition) is 3. The Kier molecular flexibility index (Phi) is 5.39. The lowest BCUT2D eigenvalue weighted by molar-refractivity contribution is -0.127. The van der Waals surface area contributed by atoms with Crippen LogP contribution in [0.2, 0.25) is 0 Å². The van der Waals surface area contributed by atoms with Crippen LogP contribution < -0.4 is 5.73 Å². The summed E-state index contributed by atoms with van der Waals surface area (Å²) in [6.45, 7) is 8.30. The van der Waals surface area contributed by atoms with Gasteiger partial charge in [0.05, 0.1) is 5.75 Å². The number of likely N-dealkylation sites (tertiary alicyclic amines) is 1. The van der Waals surface area contributed by atoms with E-state index in [-0.39, 0.29) is 17.2 Å². The first kappa shape index (κ1) is 16.1. The minimum absolute atomic E-state index is 0. The average Bonchev–Trinajstić information content (AvgIpc) is 2.77. The summed E-state index contributed by atoms with van der Waals surface area (Å²) in [4.78, 5) is 14.1. The highest BCUT2D eigenvalue weighted by atomic mass is 35.5. The Bertz CT molecular complexity index is 306. The Balaban J connectivity index is 0.00000162. The zero-order valence-corrected chi connectivity index (χ0v) is 13.1. The normalized spacial score (nSPS) is 31.1. The van der Waals surface area contributed by atoms with E-state index in [4.69, 9.17) is 5.73 Å². The highest BCUT2D eigenvalue weighted by molar-refractivity contribution is 8.01. The Morgan fingerprint density at radius 3 is 2.56 bits per heavy atom. The van der Waals surface area contributed by atoms with Gasteiger partial charge in [0, 0.05) is 23.9 Å². The lowest BCUT2D eigenvalue weighted by Crippen LogP contribution is -2.35. The summed E-state index contributed by atoms with van der Waals surface area (Å²) in [6.07, 6.45) is 2.36. The van der Waals surface area contributed by atoms with E-state index < -0.39 is 0 Å². The fraction of sp³-hybridized carbons (Fsp3) is 0.923. The molecule has 0 aromatic heterocycles. The highest BCUT2D eigenvalue weighted by Gasteiger charge is 2.42. The number of carbonyl (C=O) groups excluding carboxylic acids is 1. The molecule has 5 heteroatoms. The van der Waals surface area contributed by atoms with E-state index in [1.54, 1.807) is 11.8 Å². The predicted octanol–water partition coefficient (Wildman–Crippen LogP) is 2.14. The summed E-state index contributed by atoms with van der Waals surface area (Å²) in [5.41, 5.74) is 6.08. The van der Waals surface area contributed by atoms with Gasteiger partial charge < -0.3 is 10.6 Å². The van der Waals surface area contributed by atoms with Crippen LogP contribution in [0.15, 0.2) is 0 Å². The van der Waals surface area contributed by atoms with Crippen molar-refractivity contribution in [2.24, 2.45) is 17.6 Å². The number of amides is 1. The van der Waals surface area contributed by atoms with E-state index in [9.17, 15) is 4.79 Å². The van der Waals surface area contributed by atoms with Gasteiger partial charge in [-0.25, -0.2) is 0 Å². The van der Waals surface area contributed by atoms with Gasteiger partial charge in [-0.1, -0.05) is 20.8 Å². The van der Waals surface area contributed by atoms with E-state index in [2.05, 4.69) is 20.8 Å². The summed E-state index contributed by atoms with van der Waals surface area (Å²) in [6, 6.07) is 0.327. The first-order valence-electron chi connectivity index (χ1n) is 6.54. The van der Waals surface area contributed by atoms with Gasteiger partial charge in [0.15, 0.2) is 0 Å². The van der Waals surface area contributed by atoms with Crippen LogP contribution in [0.1, 0.15) is 33.6 Å². The summed E-state index contributed by atoms with van der Waals surface area (Å²) in [7, 11) is 0. The van der Waals surface area contributed by atoms with Gasteiger partial charge in [-0.3, -0.25) is 4.79 Å². The van der Waals surface area contributed by atoms with Crippen molar-refractivity contribution in [1.29, 1.82) is 0 Å². The summed E-state index contributed by atoms with van der Waals surface area (Å²) in [5, 5.41) is 0. The lowest BCUT2D eigenvalue weighted by Gasteiger charge is -2.22. The molecule has 1 aliphatic heterocycles. The molecule has 3 unspecified atom stereocenters. The van der Waals surface area contributed by atoms with Crippen molar-refractivity contribution >= 4 is 30.1 Å². The molecule has 1 heterocycles. The smallest absolute Gasteiger partial charge is 0.232 e. The number of rotatable bonds is 2. The molecule has 106 valence electrons. The van der Waals surface area contributed by atoms with Gasteiger partial charge in [-0.05, 0) is 24.7 Å². The third-order valence-corrected chi connectivity index (χ3v) is 5.15. The summed E-state index contributed by atoms with van der Waals surface area (Å²) in [5.74, 6) is 2.15. The van der Waals surface area contributed by atoms with Crippen LogP contribution in [0.5, 0.6) is 0 Å². The number of nitrogens with zero attached hydrogens (tertiary/aromatic N) is 1. The number of carbonyl (C=O) groups is 1. The second-order valence-corrected chi connectivity index (χ2v) is 8.17. The van der Waals surface area contributed by atoms with Crippen molar-refractivity contribution in [2.45, 2.75) is 44.4 Å². The molecular weight excluding hydrogens is 268 g/mol. The maximum atomic E-state index is 12.1. The molecule has 3 nitrogen and oxygen atoms in total. The number of fused-ring (bicyclic) bond motifs is 1. The molecule has 2 N–H and O–H groups in total. The van der Waals surface area contributed by atoms with Crippen molar-refractivity contribution in [3.8, 4) is 0 Å². The summed E-state index contributed by atoms with van der Waals surface area (Å²) >= 11 is 1.73. The molecule has 1 saturated carbocycles. The van der Waals surface area contributed by atoms with Crippen LogP contribution in [-0.4, -0.2) is 40.4 Å². The fourth-order valence-corrected chi connectivity index (χ4v) is 3.62. The molecule has 1 amide bonds. The quantitative estimate of drug-likeness (QED) is 0.848. The monoisotopic (exact) mass is 292 g/mol. The second kappa shape index (κ2) is 6.02. The molecule has 0 aromatic carbocycles. The highest BCUT2D eigenvalue weighted by Crippen LogP contribution is 2.37. The van der Waals surface area contributed by atoms with E-state index in [1.807, 2.05) is 4.90 Å². The van der Waals surface area contributed by atoms with E-state index in [1.165, 1.54) is 6.42 Å². The first-order chi connectivity index (χ1) is 7.87. The SMILES string of the molecule is CC(C)(C)SCC(=O)N1CC2CCC(N)C2C1.Cl. The molecule has 0 radical (unpaired) electrons. The number of halogens is 1. The average molecular weight is 293 g/mol. The molecule has 0 bridgehead atoms. The molecule has 3 atom stereocenters. The van der Waals surface area contributed by atoms with Crippen LogP contribution >= 0.6 is 24.2 Å². The van der Waals surface area contributed by atoms with Gasteiger partial charge >= 0.3 is 0 Å². The van der Waals surface area contributed by atoms with Crippen molar-refractivity contribution in [1.82, 2.24) is 4.90 Å². The Labute approximate surface area is 121 Å². The first-order valence-corrected chi connectivity index (χ1v) is 7.53. The molecule has 18 heavy (non-hydrogen) atoms. The fourth-order valence-electron chi connectivity index (χ4n) is 2.88. The van der Waals surface area contributed by atoms with Gasteiger partial charge in [-0.2, -0.15) is 0 Å². The molecule has 2 rings (SSSR count). The predicted molar refractivity (Wildman–Crippen MR) is 80.2 cm³/mol. The Morgan fingerprint density at radius 2 is 2.00 bits per heavy atom. The maximum absolute atomic E-state index is 12.1. The second-order valence-electron chi connectivity index (χ2n) is 6.36. The van der Waals surface area contributed by atoms with Gasteiger partial charge in [-0.15, -0.1) is 24.2 Å². The molecule has 0 spiro atoms. The minimum Gasteiger partial charge on any atom is -0.341 e. The van der Waals surface area contributed by atoms with E-state index >= 15 is 0 Å². The number of nitrogens with two attached hydrogens (primary N) is 1. The van der Waals surface area contributed by atoms with E-state index in [0.29, 0.717) is 29.5 Å². The van der Waals surface area contributed by atoms with Gasteiger partial charge in [0.25, 0.3) is 0 Å². The topological polar surface area (TPSA) is 46.3 Å². The van der Waals surface area contributed by atoms with Crippen LogP contribution in [0.3, 0.4) is 0 Å². The minimum atomic E-state index is 0. The van der Waals surface area contributed by atoms with Crippen molar-refractivity contribution < 1.29 is 4.79 Å². The van der Waals surface area contributed by atoms with Crippen molar-refractivity contribution in [2.75, 3.05) is 18.8 Å². The zero-order valence-electron chi connectivity index (χ0n) is 11.5. The standard InChI is InChI=1S/C13H24N2OS.ClH/c1-13(2,3)17-8-12(16)15-6-9-4-5-11(14)10(9)7-15;/h9-11H,4-8,14H2,1-3H3;1H. The zero-order chi connectivity index (χ0) is 12.6. The summed E-state index contributed by atoms with van der Waals surface area (Å²) < 4.78 is 0.168. The number of thioether (sulfide) groups is 1. The third-order valence-electron chi connectivity index (χ3n) is 3.89. The van der Waals surface area contributed by atoms with Gasteiger partial charge in [0.1, 0.15) is 0 Å². The van der Waals surface area contributed by atoms with Crippen molar-refractivity contribution in [3.63, 3.8) is 0 Å². The van der Waals surface area contributed by atoms with Gasteiger partial charge in [0.2, 0.25) is 5.91 Å². The molecular formula is C13H25ClN2OS. The number of hydrogen-bond donors (Lipinski definition) is 1. The molecule has 1 aliphatic carbocycles. The Hall–Kier alpha value is 0.0700. The maximum Gasteiger partial charge on any atom is 0.232 e. The van der Waals surface area contributed by atoms with Crippen LogP contribution in [0, 0.1) is 11.8 Å². The largest absolute Gasteiger partial charge is 0.341 e. The molecule has 0 aromatic rings. The van der Waals surface area contributed by atoms with Crippen LogP contribution in [-0.2, 0) is 4.79 Å². The lowest BCUT2D eigenvalue weighted by atomic mass is 9.98. The van der Waals surface area contributed by atoms with Crippen LogP contribution in [0.4, 0.5) is 0 Å². The Morgan fingerprint density at radius 1 is 1.33 bits per heavy atom. The molecule has 2 aliphatic rings. The van der Waals surface area contributed by atoms with E-state index in [0.717, 1.165) is 19.5 Å². The van der Waals surface area contributed by atoms with Crippen molar-refractivity contribution in [3.05, 3.63) is 0 Å².